The third-order valence-electron chi connectivity index (χ3n) is 7.17. The number of hydrogen-bond acceptors (Lipinski definition) is 4. The molecule has 0 radical (unpaired) electrons. The highest BCUT2D eigenvalue weighted by atomic mass is 16.6. The first-order chi connectivity index (χ1) is 12.1. The molecule has 4 heteroatoms. The molecule has 1 heterocycles. The van der Waals surface area contributed by atoms with Gasteiger partial charge in [0.25, 0.3) is 0 Å². The summed E-state index contributed by atoms with van der Waals surface area (Å²) in [5, 5.41) is 0. The minimum Gasteiger partial charge on any atom is -0.458 e. The van der Waals surface area contributed by atoms with E-state index in [4.69, 9.17) is 9.47 Å². The van der Waals surface area contributed by atoms with Crippen molar-refractivity contribution in [2.24, 2.45) is 22.7 Å². The average Bonchev–Trinajstić information content (AvgIpc) is 2.95. The normalized spacial score (nSPS) is 34.5. The number of cyclic esters (lactones) is 1. The van der Waals surface area contributed by atoms with Crippen LogP contribution in [0.4, 0.5) is 0 Å². The molecule has 26 heavy (non-hydrogen) atoms. The van der Waals surface area contributed by atoms with Gasteiger partial charge in [-0.1, -0.05) is 39.3 Å². The molecule has 2 aliphatic carbocycles. The summed E-state index contributed by atoms with van der Waals surface area (Å²) >= 11 is 0. The number of ether oxygens (including phenoxy) is 2. The van der Waals surface area contributed by atoms with Gasteiger partial charge in [-0.25, -0.2) is 4.79 Å². The monoisotopic (exact) mass is 360 g/mol. The highest BCUT2D eigenvalue weighted by molar-refractivity contribution is 5.85. The second kappa shape index (κ2) is 6.86. The Hall–Kier alpha value is -1.58. The maximum absolute atomic E-state index is 11.7. The van der Waals surface area contributed by atoms with E-state index in [0.29, 0.717) is 23.7 Å². The summed E-state index contributed by atoms with van der Waals surface area (Å²) in [6.45, 7) is 13.2. The van der Waals surface area contributed by atoms with E-state index in [0.717, 1.165) is 12.0 Å². The van der Waals surface area contributed by atoms with E-state index in [-0.39, 0.29) is 24.0 Å². The summed E-state index contributed by atoms with van der Waals surface area (Å²) in [5.41, 5.74) is 2.54. The number of allylic oxidation sites excluding steroid dienone is 1. The molecular formula is C22H32O4. The highest BCUT2D eigenvalue weighted by Gasteiger charge is 2.53. The Kier molecular flexibility index (Phi) is 5.06. The Morgan fingerprint density at radius 2 is 2.12 bits per heavy atom. The van der Waals surface area contributed by atoms with Gasteiger partial charge < -0.3 is 9.47 Å². The van der Waals surface area contributed by atoms with Crippen molar-refractivity contribution >= 4 is 11.9 Å². The summed E-state index contributed by atoms with van der Waals surface area (Å²) in [6, 6.07) is 0. The van der Waals surface area contributed by atoms with Crippen molar-refractivity contribution in [1.82, 2.24) is 0 Å². The fourth-order valence-corrected chi connectivity index (χ4v) is 5.97. The fourth-order valence-electron chi connectivity index (χ4n) is 5.97. The molecule has 0 N–H and O–H groups in total. The maximum Gasteiger partial charge on any atom is 0.331 e. The molecule has 0 saturated heterocycles. The molecule has 144 valence electrons. The lowest BCUT2D eigenvalue weighted by molar-refractivity contribution is -0.147. The molecular weight excluding hydrogens is 328 g/mol. The van der Waals surface area contributed by atoms with E-state index < -0.39 is 6.10 Å². The Morgan fingerprint density at radius 3 is 2.73 bits per heavy atom. The number of fused-ring (bicyclic) bond motifs is 1. The summed E-state index contributed by atoms with van der Waals surface area (Å²) < 4.78 is 10.7. The summed E-state index contributed by atoms with van der Waals surface area (Å²) in [4.78, 5) is 23.2. The summed E-state index contributed by atoms with van der Waals surface area (Å²) in [5.74, 6) is 0.277. The van der Waals surface area contributed by atoms with Crippen LogP contribution in [0.2, 0.25) is 0 Å². The van der Waals surface area contributed by atoms with Gasteiger partial charge in [-0.2, -0.15) is 0 Å². The Balaban J connectivity index is 1.89. The van der Waals surface area contributed by atoms with Crippen LogP contribution in [0.15, 0.2) is 23.8 Å². The van der Waals surface area contributed by atoms with Gasteiger partial charge in [-0.3, -0.25) is 4.79 Å². The first-order valence-electron chi connectivity index (χ1n) is 9.85. The first kappa shape index (κ1) is 19.2. The summed E-state index contributed by atoms with van der Waals surface area (Å²) in [6.07, 6.45) is 7.71. The van der Waals surface area contributed by atoms with Crippen molar-refractivity contribution in [2.75, 3.05) is 6.61 Å². The highest BCUT2D eigenvalue weighted by Crippen LogP contribution is 2.61. The second-order valence-corrected chi connectivity index (χ2v) is 9.31. The number of carbonyl (C=O) groups is 2. The average molecular weight is 360 g/mol. The van der Waals surface area contributed by atoms with Crippen LogP contribution in [0.5, 0.6) is 0 Å². The van der Waals surface area contributed by atoms with Crippen LogP contribution in [0.25, 0.3) is 0 Å². The number of esters is 2. The van der Waals surface area contributed by atoms with Crippen LogP contribution in [0.3, 0.4) is 0 Å². The molecule has 1 aliphatic heterocycles. The first-order valence-corrected chi connectivity index (χ1v) is 9.85. The molecule has 4 unspecified atom stereocenters. The van der Waals surface area contributed by atoms with E-state index in [9.17, 15) is 9.59 Å². The van der Waals surface area contributed by atoms with Gasteiger partial charge in [0.2, 0.25) is 0 Å². The molecule has 2 saturated carbocycles. The number of rotatable bonds is 4. The minimum atomic E-state index is -0.402. The van der Waals surface area contributed by atoms with Crippen molar-refractivity contribution in [1.29, 1.82) is 0 Å². The van der Waals surface area contributed by atoms with Gasteiger partial charge in [-0.15, -0.1) is 0 Å². The molecule has 0 bridgehead atoms. The molecule has 0 aromatic rings. The second-order valence-electron chi connectivity index (χ2n) is 9.31. The van der Waals surface area contributed by atoms with Crippen molar-refractivity contribution < 1.29 is 19.1 Å². The largest absolute Gasteiger partial charge is 0.458 e. The van der Waals surface area contributed by atoms with E-state index in [1.54, 1.807) is 0 Å². The molecule has 0 aromatic heterocycles. The smallest absolute Gasteiger partial charge is 0.331 e. The number of hydrogen-bond donors (Lipinski definition) is 0. The van der Waals surface area contributed by atoms with Crippen LogP contribution in [0, 0.1) is 22.7 Å². The van der Waals surface area contributed by atoms with Gasteiger partial charge in [0.1, 0.15) is 12.7 Å². The molecule has 4 atom stereocenters. The number of carbonyl (C=O) groups excluding carboxylic acids is 2. The zero-order chi connectivity index (χ0) is 19.1. The van der Waals surface area contributed by atoms with Crippen LogP contribution >= 0.6 is 0 Å². The van der Waals surface area contributed by atoms with E-state index in [1.807, 2.05) is 0 Å². The van der Waals surface area contributed by atoms with Gasteiger partial charge in [0, 0.05) is 18.6 Å². The lowest BCUT2D eigenvalue weighted by Crippen LogP contribution is -2.50. The molecule has 4 nitrogen and oxygen atoms in total. The van der Waals surface area contributed by atoms with E-state index >= 15 is 0 Å². The van der Waals surface area contributed by atoms with Gasteiger partial charge in [0.15, 0.2) is 0 Å². The summed E-state index contributed by atoms with van der Waals surface area (Å²) in [7, 11) is 0. The van der Waals surface area contributed by atoms with Crippen LogP contribution in [-0.4, -0.2) is 24.6 Å². The van der Waals surface area contributed by atoms with Gasteiger partial charge >= 0.3 is 11.9 Å². The predicted octanol–water partition coefficient (Wildman–Crippen LogP) is 4.59. The van der Waals surface area contributed by atoms with Crippen molar-refractivity contribution in [3.63, 3.8) is 0 Å². The minimum absolute atomic E-state index is 0.166. The third kappa shape index (κ3) is 3.47. The van der Waals surface area contributed by atoms with Crippen molar-refractivity contribution in [2.45, 2.75) is 72.3 Å². The zero-order valence-electron chi connectivity index (χ0n) is 16.6. The van der Waals surface area contributed by atoms with Crippen LogP contribution in [0.1, 0.15) is 66.2 Å². The lowest BCUT2D eigenvalue weighted by Gasteiger charge is -2.58. The van der Waals surface area contributed by atoms with Gasteiger partial charge in [0.05, 0.1) is 0 Å². The van der Waals surface area contributed by atoms with Crippen molar-refractivity contribution in [3.05, 3.63) is 23.8 Å². The zero-order valence-corrected chi connectivity index (χ0v) is 16.6. The Labute approximate surface area is 157 Å². The molecule has 0 spiro atoms. The van der Waals surface area contributed by atoms with Gasteiger partial charge in [-0.05, 0) is 54.8 Å². The molecule has 0 aromatic carbocycles. The quantitative estimate of drug-likeness (QED) is 0.543. The van der Waals surface area contributed by atoms with E-state index in [1.165, 1.54) is 44.3 Å². The molecule has 3 aliphatic rings. The lowest BCUT2D eigenvalue weighted by atomic mass is 9.47. The predicted molar refractivity (Wildman–Crippen MR) is 100 cm³/mol. The Bertz CT molecular complexity index is 645. The fraction of sp³-hybridized carbons (Fsp3) is 0.727. The SMILES string of the molecule is C=C1CCC2C(C)(C)CCCC2(C)C1CC(OC(C)=O)C1=CC(=O)OC1. The maximum atomic E-state index is 11.7. The molecule has 3 rings (SSSR count). The molecule has 0 amide bonds. The van der Waals surface area contributed by atoms with Crippen molar-refractivity contribution in [3.8, 4) is 0 Å². The standard InChI is InChI=1S/C22H32O4/c1-14-7-8-19-21(3,4)9-6-10-22(19,5)17(14)12-18(26-15(2)23)16-11-20(24)25-13-16/h11,17-19H,1,6-10,12-13H2,2-5H3. The third-order valence-corrected chi connectivity index (χ3v) is 7.17. The topological polar surface area (TPSA) is 52.6 Å². The van der Waals surface area contributed by atoms with E-state index in [2.05, 4.69) is 27.4 Å². The van der Waals surface area contributed by atoms with Crippen LogP contribution < -0.4 is 0 Å². The Morgan fingerprint density at radius 1 is 1.38 bits per heavy atom. The van der Waals surface area contributed by atoms with Crippen LogP contribution in [-0.2, 0) is 19.1 Å². The molecule has 2 fully saturated rings.